The van der Waals surface area contributed by atoms with Crippen LogP contribution in [0.25, 0.3) is 11.3 Å². The van der Waals surface area contributed by atoms with Crippen LogP contribution in [0.2, 0.25) is 0 Å². The number of carbonyl (C=O) groups is 1. The summed E-state index contributed by atoms with van der Waals surface area (Å²) in [6.45, 7) is 0.845. The van der Waals surface area contributed by atoms with Crippen molar-refractivity contribution in [2.24, 2.45) is 0 Å². The van der Waals surface area contributed by atoms with Crippen molar-refractivity contribution in [1.82, 2.24) is 9.97 Å². The van der Waals surface area contributed by atoms with E-state index >= 15 is 0 Å². The number of alkyl halides is 3. The van der Waals surface area contributed by atoms with Crippen LogP contribution < -0.4 is 4.74 Å². The fourth-order valence-electron chi connectivity index (χ4n) is 2.54. The molecule has 0 radical (unpaired) electrons. The van der Waals surface area contributed by atoms with Gasteiger partial charge in [-0.1, -0.05) is 12.1 Å². The number of carboxylic acids is 1. The van der Waals surface area contributed by atoms with E-state index in [1.54, 1.807) is 0 Å². The molecule has 0 unspecified atom stereocenters. The third kappa shape index (κ3) is 4.10. The number of rotatable bonds is 5. The molecule has 1 aliphatic rings. The zero-order valence-corrected chi connectivity index (χ0v) is 13.5. The molecule has 3 rings (SSSR count). The molecule has 1 N–H and O–H groups in total. The smallest absolute Gasteiger partial charge is 0.416 e. The Balaban J connectivity index is 1.91. The summed E-state index contributed by atoms with van der Waals surface area (Å²) in [7, 11) is 0. The van der Waals surface area contributed by atoms with Gasteiger partial charge in [-0.25, -0.2) is 14.8 Å². The first-order valence-corrected chi connectivity index (χ1v) is 7.87. The van der Waals surface area contributed by atoms with Crippen LogP contribution in [-0.2, 0) is 10.9 Å². The van der Waals surface area contributed by atoms with E-state index in [1.165, 1.54) is 12.1 Å². The maximum atomic E-state index is 12.7. The van der Waals surface area contributed by atoms with Gasteiger partial charge in [0.05, 0.1) is 17.9 Å². The molecule has 1 aromatic heterocycles. The number of nitrogens with zero attached hydrogens (tertiary/aromatic N) is 2. The van der Waals surface area contributed by atoms with Gasteiger partial charge in [-0.15, -0.1) is 0 Å². The maximum absolute atomic E-state index is 12.7. The normalized spacial score (nSPS) is 17.3. The summed E-state index contributed by atoms with van der Waals surface area (Å²) in [6.07, 6.45) is -1.77. The van der Waals surface area contributed by atoms with Gasteiger partial charge in [-0.05, 0) is 25.0 Å². The molecule has 9 heteroatoms. The zero-order chi connectivity index (χ0) is 18.7. The van der Waals surface area contributed by atoms with Crippen LogP contribution in [0.5, 0.6) is 5.88 Å². The van der Waals surface area contributed by atoms with E-state index in [0.29, 0.717) is 6.61 Å². The standard InChI is InChI=1S/C17H15F3N2O4/c18-17(19,20)11-5-3-10(4-6-11)14-15(21-8-13(22-14)16(23)24)26-9-12-2-1-7-25-12/h3-6,8,12H,1-2,7,9H2,(H,23,24)/t12-/m0/s1. The first-order chi connectivity index (χ1) is 12.3. The molecular weight excluding hydrogens is 353 g/mol. The van der Waals surface area contributed by atoms with Crippen molar-refractivity contribution in [3.8, 4) is 17.1 Å². The number of aromatic carboxylic acids is 1. The average Bonchev–Trinajstić information content (AvgIpc) is 3.12. The highest BCUT2D eigenvalue weighted by atomic mass is 19.4. The highest BCUT2D eigenvalue weighted by Gasteiger charge is 2.30. The van der Waals surface area contributed by atoms with E-state index < -0.39 is 17.7 Å². The number of carboxylic acid groups (broad SMARTS) is 1. The molecule has 138 valence electrons. The van der Waals surface area contributed by atoms with Gasteiger partial charge in [0.1, 0.15) is 12.3 Å². The van der Waals surface area contributed by atoms with E-state index in [4.69, 9.17) is 14.6 Å². The lowest BCUT2D eigenvalue weighted by molar-refractivity contribution is -0.137. The van der Waals surface area contributed by atoms with Gasteiger partial charge < -0.3 is 14.6 Å². The van der Waals surface area contributed by atoms with Crippen molar-refractivity contribution in [2.45, 2.75) is 25.1 Å². The highest BCUT2D eigenvalue weighted by Crippen LogP contribution is 2.32. The summed E-state index contributed by atoms with van der Waals surface area (Å²) in [5.41, 5.74) is -0.803. The molecule has 0 amide bonds. The topological polar surface area (TPSA) is 81.5 Å². The molecule has 2 aromatic rings. The fraction of sp³-hybridized carbons (Fsp3) is 0.353. The lowest BCUT2D eigenvalue weighted by Gasteiger charge is -2.14. The molecule has 0 bridgehead atoms. The molecule has 0 aliphatic carbocycles. The molecule has 1 aliphatic heterocycles. The Morgan fingerprint density at radius 3 is 2.62 bits per heavy atom. The summed E-state index contributed by atoms with van der Waals surface area (Å²) in [4.78, 5) is 19.1. The Labute approximate surface area is 146 Å². The second-order valence-corrected chi connectivity index (χ2v) is 5.74. The first-order valence-electron chi connectivity index (χ1n) is 7.87. The van der Waals surface area contributed by atoms with Gasteiger partial charge in [0.15, 0.2) is 5.69 Å². The summed E-state index contributed by atoms with van der Waals surface area (Å²) in [5, 5.41) is 9.09. The van der Waals surface area contributed by atoms with Gasteiger partial charge in [0.25, 0.3) is 0 Å². The quantitative estimate of drug-likeness (QED) is 0.871. The molecule has 6 nitrogen and oxygen atoms in total. The largest absolute Gasteiger partial charge is 0.476 e. The zero-order valence-electron chi connectivity index (χ0n) is 13.5. The molecule has 1 atom stereocenters. The molecule has 0 spiro atoms. The number of benzene rings is 1. The third-order valence-corrected chi connectivity index (χ3v) is 3.87. The Kier molecular flexibility index (Phi) is 5.08. The maximum Gasteiger partial charge on any atom is 0.416 e. The number of hydrogen-bond acceptors (Lipinski definition) is 5. The van der Waals surface area contributed by atoms with Gasteiger partial charge in [-0.2, -0.15) is 13.2 Å². The summed E-state index contributed by atoms with van der Waals surface area (Å²) in [6, 6.07) is 4.21. The Morgan fingerprint density at radius 2 is 2.04 bits per heavy atom. The van der Waals surface area contributed by atoms with Crippen LogP contribution in [0.4, 0.5) is 13.2 Å². The predicted molar refractivity (Wildman–Crippen MR) is 83.9 cm³/mol. The molecule has 1 aromatic carbocycles. The van der Waals surface area contributed by atoms with Crippen LogP contribution >= 0.6 is 0 Å². The monoisotopic (exact) mass is 368 g/mol. The van der Waals surface area contributed by atoms with E-state index in [0.717, 1.165) is 31.2 Å². The van der Waals surface area contributed by atoms with Crippen molar-refractivity contribution in [3.05, 3.63) is 41.7 Å². The van der Waals surface area contributed by atoms with Gasteiger partial charge in [0, 0.05) is 12.2 Å². The van der Waals surface area contributed by atoms with Crippen molar-refractivity contribution < 1.29 is 32.5 Å². The van der Waals surface area contributed by atoms with Crippen molar-refractivity contribution in [2.75, 3.05) is 13.2 Å². The number of halogens is 3. The number of hydrogen-bond donors (Lipinski definition) is 1. The summed E-state index contributed by atoms with van der Waals surface area (Å²) < 4.78 is 49.2. The molecule has 0 saturated carbocycles. The van der Waals surface area contributed by atoms with Gasteiger partial charge in [-0.3, -0.25) is 0 Å². The molecule has 2 heterocycles. The summed E-state index contributed by atoms with van der Waals surface area (Å²) in [5.74, 6) is -1.25. The lowest BCUT2D eigenvalue weighted by Crippen LogP contribution is -2.17. The lowest BCUT2D eigenvalue weighted by atomic mass is 10.1. The van der Waals surface area contributed by atoms with E-state index in [1.807, 2.05) is 0 Å². The molecule has 1 fully saturated rings. The van der Waals surface area contributed by atoms with Crippen molar-refractivity contribution >= 4 is 5.97 Å². The third-order valence-electron chi connectivity index (χ3n) is 3.87. The average molecular weight is 368 g/mol. The fourth-order valence-corrected chi connectivity index (χ4v) is 2.54. The Hall–Kier alpha value is -2.68. The summed E-state index contributed by atoms with van der Waals surface area (Å²) >= 11 is 0. The van der Waals surface area contributed by atoms with Gasteiger partial charge >= 0.3 is 12.1 Å². The van der Waals surface area contributed by atoms with Crippen LogP contribution in [0.1, 0.15) is 28.9 Å². The Morgan fingerprint density at radius 1 is 1.31 bits per heavy atom. The minimum Gasteiger partial charge on any atom is -0.476 e. The van der Waals surface area contributed by atoms with E-state index in [9.17, 15) is 18.0 Å². The molecule has 26 heavy (non-hydrogen) atoms. The molecule has 1 saturated heterocycles. The minimum atomic E-state index is -4.47. The first kappa shape index (κ1) is 18.1. The second kappa shape index (κ2) is 7.28. The number of aromatic nitrogens is 2. The number of ether oxygens (including phenoxy) is 2. The second-order valence-electron chi connectivity index (χ2n) is 5.74. The molecular formula is C17H15F3N2O4. The van der Waals surface area contributed by atoms with E-state index in [2.05, 4.69) is 9.97 Å². The van der Waals surface area contributed by atoms with Crippen LogP contribution in [-0.4, -0.2) is 40.4 Å². The van der Waals surface area contributed by atoms with Crippen LogP contribution in [0, 0.1) is 0 Å². The SMILES string of the molecule is O=C(O)c1cnc(OC[C@@H]2CCCO2)c(-c2ccc(C(F)(F)F)cc2)n1. The minimum absolute atomic E-state index is 0.0465. The van der Waals surface area contributed by atoms with Crippen LogP contribution in [0.15, 0.2) is 30.5 Å². The van der Waals surface area contributed by atoms with Crippen LogP contribution in [0.3, 0.4) is 0 Å². The highest BCUT2D eigenvalue weighted by molar-refractivity contribution is 5.86. The Bertz CT molecular complexity index is 788. The van der Waals surface area contributed by atoms with Gasteiger partial charge in [0.2, 0.25) is 5.88 Å². The van der Waals surface area contributed by atoms with E-state index in [-0.39, 0.29) is 35.5 Å². The van der Waals surface area contributed by atoms with Crippen molar-refractivity contribution in [3.63, 3.8) is 0 Å². The predicted octanol–water partition coefficient (Wildman–Crippen LogP) is 3.42. The van der Waals surface area contributed by atoms with Crippen molar-refractivity contribution in [1.29, 1.82) is 0 Å².